The maximum atomic E-state index is 4.35. The van der Waals surface area contributed by atoms with Crippen molar-refractivity contribution in [1.29, 1.82) is 0 Å². The average Bonchev–Trinajstić information content (AvgIpc) is 2.60. The highest BCUT2D eigenvalue weighted by molar-refractivity contribution is 7.99. The molecule has 1 unspecified atom stereocenters. The maximum absolute atomic E-state index is 4.35. The second-order valence-corrected chi connectivity index (χ2v) is 4.46. The van der Waals surface area contributed by atoms with Crippen molar-refractivity contribution in [2.24, 2.45) is 7.05 Å². The van der Waals surface area contributed by atoms with Gasteiger partial charge in [-0.2, -0.15) is 11.8 Å². The van der Waals surface area contributed by atoms with E-state index < -0.39 is 0 Å². The van der Waals surface area contributed by atoms with Gasteiger partial charge in [0.1, 0.15) is 5.82 Å². The minimum atomic E-state index is 0.367. The highest BCUT2D eigenvalue weighted by atomic mass is 32.2. The smallest absolute Gasteiger partial charge is 0.126 e. The first kappa shape index (κ1) is 11.6. The second-order valence-electron chi connectivity index (χ2n) is 3.31. The summed E-state index contributed by atoms with van der Waals surface area (Å²) in [7, 11) is 4.03. The molecule has 1 rings (SSSR count). The summed E-state index contributed by atoms with van der Waals surface area (Å²) in [5, 5.41) is 3.30. The molecule has 0 amide bonds. The lowest BCUT2D eigenvalue weighted by Crippen LogP contribution is -2.22. The molecule has 0 aliphatic carbocycles. The van der Waals surface area contributed by atoms with E-state index in [2.05, 4.69) is 21.8 Å². The number of nitrogens with one attached hydrogen (secondary N) is 1. The molecule has 0 aliphatic rings. The van der Waals surface area contributed by atoms with Crippen LogP contribution in [0.25, 0.3) is 0 Å². The van der Waals surface area contributed by atoms with E-state index in [0.717, 1.165) is 11.6 Å². The molecule has 1 heterocycles. The Bertz CT molecular complexity index is 260. The molecule has 0 bridgehead atoms. The molecule has 80 valence electrons. The Morgan fingerprint density at radius 2 is 2.43 bits per heavy atom. The minimum Gasteiger partial charge on any atom is -0.337 e. The van der Waals surface area contributed by atoms with E-state index >= 15 is 0 Å². The number of thioether (sulfide) groups is 1. The Balaban J connectivity index is 2.50. The Kier molecular flexibility index (Phi) is 5.04. The quantitative estimate of drug-likeness (QED) is 0.731. The van der Waals surface area contributed by atoms with Gasteiger partial charge in [-0.25, -0.2) is 4.98 Å². The van der Waals surface area contributed by atoms with Crippen LogP contribution in [0.1, 0.15) is 25.2 Å². The van der Waals surface area contributed by atoms with Crippen molar-refractivity contribution in [1.82, 2.24) is 14.9 Å². The minimum absolute atomic E-state index is 0.367. The summed E-state index contributed by atoms with van der Waals surface area (Å²) in [6, 6.07) is 0.367. The van der Waals surface area contributed by atoms with Gasteiger partial charge in [0.2, 0.25) is 0 Å². The van der Waals surface area contributed by atoms with E-state index in [9.17, 15) is 0 Å². The third-order valence-corrected chi connectivity index (χ3v) is 3.42. The molecule has 0 saturated carbocycles. The molecular formula is C10H19N3S. The topological polar surface area (TPSA) is 29.9 Å². The van der Waals surface area contributed by atoms with Gasteiger partial charge in [-0.15, -0.1) is 0 Å². The molecule has 1 aromatic heterocycles. The number of aryl methyl sites for hydroxylation is 1. The van der Waals surface area contributed by atoms with Gasteiger partial charge in [0.25, 0.3) is 0 Å². The van der Waals surface area contributed by atoms with E-state index in [-0.39, 0.29) is 0 Å². The predicted molar refractivity (Wildman–Crippen MR) is 62.6 cm³/mol. The van der Waals surface area contributed by atoms with Crippen LogP contribution < -0.4 is 5.32 Å². The normalized spacial score (nSPS) is 13.1. The summed E-state index contributed by atoms with van der Waals surface area (Å²) in [5.74, 6) is 3.44. The molecule has 0 aliphatic heterocycles. The zero-order chi connectivity index (χ0) is 10.4. The fraction of sp³-hybridized carbons (Fsp3) is 0.700. The molecule has 14 heavy (non-hydrogen) atoms. The molecule has 4 heteroatoms. The summed E-state index contributed by atoms with van der Waals surface area (Å²) in [6.07, 6.45) is 5.08. The van der Waals surface area contributed by atoms with Crippen LogP contribution >= 0.6 is 11.8 Å². The van der Waals surface area contributed by atoms with Crippen LogP contribution in [0.4, 0.5) is 0 Å². The van der Waals surface area contributed by atoms with E-state index in [0.29, 0.717) is 6.04 Å². The van der Waals surface area contributed by atoms with Crippen molar-refractivity contribution >= 4 is 11.8 Å². The van der Waals surface area contributed by atoms with Gasteiger partial charge in [0.15, 0.2) is 0 Å². The SMILES string of the molecule is CCCSCC(NC)c1nccn1C. The number of hydrogen-bond donors (Lipinski definition) is 1. The average molecular weight is 213 g/mol. The second kappa shape index (κ2) is 6.09. The highest BCUT2D eigenvalue weighted by Crippen LogP contribution is 2.16. The van der Waals surface area contributed by atoms with Crippen LogP contribution in [0.2, 0.25) is 0 Å². The van der Waals surface area contributed by atoms with Gasteiger partial charge in [0.05, 0.1) is 6.04 Å². The fourth-order valence-electron chi connectivity index (χ4n) is 1.35. The molecule has 1 aromatic rings. The molecule has 1 N–H and O–H groups in total. The number of aromatic nitrogens is 2. The van der Waals surface area contributed by atoms with Crippen LogP contribution in [0.5, 0.6) is 0 Å². The van der Waals surface area contributed by atoms with Crippen molar-refractivity contribution < 1.29 is 0 Å². The number of nitrogens with zero attached hydrogens (tertiary/aromatic N) is 2. The summed E-state index contributed by atoms with van der Waals surface area (Å²) in [4.78, 5) is 4.35. The Morgan fingerprint density at radius 3 is 2.93 bits per heavy atom. The van der Waals surface area contributed by atoms with Crippen LogP contribution in [0, 0.1) is 0 Å². The van der Waals surface area contributed by atoms with E-state index in [1.54, 1.807) is 0 Å². The first-order valence-electron chi connectivity index (χ1n) is 5.01. The Hall–Kier alpha value is -0.480. The molecule has 0 fully saturated rings. The Labute approximate surface area is 90.3 Å². The van der Waals surface area contributed by atoms with Gasteiger partial charge < -0.3 is 9.88 Å². The van der Waals surface area contributed by atoms with Crippen LogP contribution in [0.15, 0.2) is 12.4 Å². The van der Waals surface area contributed by atoms with Gasteiger partial charge in [0, 0.05) is 25.2 Å². The van der Waals surface area contributed by atoms with Crippen molar-refractivity contribution in [3.8, 4) is 0 Å². The van der Waals surface area contributed by atoms with Gasteiger partial charge in [-0.3, -0.25) is 0 Å². The summed E-state index contributed by atoms with van der Waals surface area (Å²) in [6.45, 7) is 2.21. The van der Waals surface area contributed by atoms with Crippen LogP contribution in [-0.2, 0) is 7.05 Å². The largest absolute Gasteiger partial charge is 0.337 e. The lowest BCUT2D eigenvalue weighted by atomic mass is 10.3. The number of rotatable bonds is 6. The maximum Gasteiger partial charge on any atom is 0.126 e. The third-order valence-electron chi connectivity index (χ3n) is 2.15. The molecule has 0 radical (unpaired) electrons. The van der Waals surface area contributed by atoms with Crippen molar-refractivity contribution in [2.45, 2.75) is 19.4 Å². The van der Waals surface area contributed by atoms with E-state index in [4.69, 9.17) is 0 Å². The van der Waals surface area contributed by atoms with Gasteiger partial charge in [-0.05, 0) is 19.2 Å². The molecule has 0 saturated heterocycles. The zero-order valence-corrected chi connectivity index (χ0v) is 9.97. The first-order chi connectivity index (χ1) is 6.79. The highest BCUT2D eigenvalue weighted by Gasteiger charge is 2.12. The van der Waals surface area contributed by atoms with Crippen LogP contribution in [0.3, 0.4) is 0 Å². The zero-order valence-electron chi connectivity index (χ0n) is 9.16. The van der Waals surface area contributed by atoms with Crippen LogP contribution in [-0.4, -0.2) is 28.1 Å². The fourth-order valence-corrected chi connectivity index (χ4v) is 2.35. The summed E-state index contributed by atoms with van der Waals surface area (Å²) in [5.41, 5.74) is 0. The summed E-state index contributed by atoms with van der Waals surface area (Å²) >= 11 is 1.98. The molecule has 0 aromatic carbocycles. The van der Waals surface area contributed by atoms with Crippen molar-refractivity contribution in [3.05, 3.63) is 18.2 Å². The number of hydrogen-bond acceptors (Lipinski definition) is 3. The van der Waals surface area contributed by atoms with Gasteiger partial charge in [-0.1, -0.05) is 6.92 Å². The van der Waals surface area contributed by atoms with E-state index in [1.807, 2.05) is 38.3 Å². The van der Waals surface area contributed by atoms with Crippen molar-refractivity contribution in [2.75, 3.05) is 18.6 Å². The lowest BCUT2D eigenvalue weighted by molar-refractivity contribution is 0.593. The molecule has 1 atom stereocenters. The monoisotopic (exact) mass is 213 g/mol. The standard InChI is InChI=1S/C10H19N3S/c1-4-7-14-8-9(11-2)10-12-5-6-13(10)3/h5-6,9,11H,4,7-8H2,1-3H3. The molecular weight excluding hydrogens is 194 g/mol. The van der Waals surface area contributed by atoms with Gasteiger partial charge >= 0.3 is 0 Å². The molecule has 0 spiro atoms. The third kappa shape index (κ3) is 3.03. The predicted octanol–water partition coefficient (Wildman–Crippen LogP) is 1.82. The van der Waals surface area contributed by atoms with E-state index in [1.165, 1.54) is 12.2 Å². The lowest BCUT2D eigenvalue weighted by Gasteiger charge is -2.15. The number of imidazole rings is 1. The first-order valence-corrected chi connectivity index (χ1v) is 6.17. The van der Waals surface area contributed by atoms with Crippen molar-refractivity contribution in [3.63, 3.8) is 0 Å². The Morgan fingerprint density at radius 1 is 1.64 bits per heavy atom. The summed E-state index contributed by atoms with van der Waals surface area (Å²) < 4.78 is 2.08. The molecule has 3 nitrogen and oxygen atoms in total.